The minimum absolute atomic E-state index is 0.000000000000000222. The number of imidazole rings is 2. The Bertz CT molecular complexity index is 2600. The van der Waals surface area contributed by atoms with E-state index in [0.29, 0.717) is 93.2 Å². The molecule has 3 fully saturated rings. The molecule has 3 saturated heterocycles. The van der Waals surface area contributed by atoms with Crippen LogP contribution in [-0.4, -0.2) is 127 Å². The van der Waals surface area contributed by atoms with E-state index in [4.69, 9.17) is 35.3 Å². The zero-order chi connectivity index (χ0) is 43.2. The molecule has 6 aromatic rings. The second-order valence-electron chi connectivity index (χ2n) is 15.1. The lowest BCUT2D eigenvalue weighted by atomic mass is 9.83. The molecule has 5 aliphatic rings. The minimum Gasteiger partial charge on any atom is -0.381 e. The zero-order valence-corrected chi connectivity index (χ0v) is 35.2. The summed E-state index contributed by atoms with van der Waals surface area (Å²) in [5.74, 6) is 0.930. The van der Waals surface area contributed by atoms with Crippen LogP contribution in [-0.2, 0) is 36.1 Å². The van der Waals surface area contributed by atoms with E-state index in [1.807, 2.05) is 25.1 Å². The zero-order valence-electron chi connectivity index (χ0n) is 34.5. The fourth-order valence-electron chi connectivity index (χ4n) is 7.84. The summed E-state index contributed by atoms with van der Waals surface area (Å²) in [5, 5.41) is 2.96. The molecule has 4 aromatic carbocycles. The smallest absolute Gasteiger partial charge is 0.196 e. The maximum atomic E-state index is 13.1. The highest BCUT2D eigenvalue weighted by Gasteiger charge is 2.33. The fraction of sp³-hybridized carbons (Fsp3) is 0.348. The first-order valence-electron chi connectivity index (χ1n) is 20.6. The van der Waals surface area contributed by atoms with Crippen LogP contribution in [0.15, 0.2) is 72.8 Å². The minimum atomic E-state index is -0.224. The number of alkyl halides is 1. The second-order valence-corrected chi connectivity index (χ2v) is 15.4. The molecule has 62 heavy (non-hydrogen) atoms. The van der Waals surface area contributed by atoms with E-state index < -0.39 is 0 Å². The van der Waals surface area contributed by atoms with E-state index in [-0.39, 0.29) is 41.6 Å². The fourth-order valence-corrected chi connectivity index (χ4v) is 7.96. The van der Waals surface area contributed by atoms with Crippen molar-refractivity contribution < 1.29 is 42.9 Å². The molecule has 322 valence electrons. The lowest BCUT2D eigenvalue weighted by molar-refractivity contribution is -0.0594. The Morgan fingerprint density at radius 2 is 1.06 bits per heavy atom. The summed E-state index contributed by atoms with van der Waals surface area (Å²) in [6.45, 7) is 6.68. The van der Waals surface area contributed by atoms with Crippen LogP contribution in [0.25, 0.3) is 22.1 Å². The third kappa shape index (κ3) is 9.16. The number of fused-ring (bicyclic) bond motifs is 8. The van der Waals surface area contributed by atoms with Gasteiger partial charge in [-0.15, -0.1) is 11.6 Å². The summed E-state index contributed by atoms with van der Waals surface area (Å²) in [5.41, 5.74) is 5.84. The van der Waals surface area contributed by atoms with Gasteiger partial charge in [-0.2, -0.15) is 0 Å². The largest absolute Gasteiger partial charge is 0.381 e. The first-order chi connectivity index (χ1) is 30.2. The van der Waals surface area contributed by atoms with Crippen molar-refractivity contribution in [3.63, 3.8) is 0 Å². The molecule has 0 amide bonds. The second kappa shape index (κ2) is 19.7. The van der Waals surface area contributed by atoms with Gasteiger partial charge in [0.15, 0.2) is 35.7 Å². The highest BCUT2D eigenvalue weighted by Crippen LogP contribution is 2.33. The van der Waals surface area contributed by atoms with Crippen molar-refractivity contribution in [2.45, 2.75) is 37.8 Å². The van der Waals surface area contributed by atoms with E-state index in [1.54, 1.807) is 66.7 Å². The number of carbonyl (C=O) groups is 4. The van der Waals surface area contributed by atoms with Crippen LogP contribution in [0.1, 0.15) is 88.2 Å². The summed E-state index contributed by atoms with van der Waals surface area (Å²) in [4.78, 5) is 68.6. The molecule has 5 heterocycles. The molecule has 3 aliphatic heterocycles. The molecule has 0 unspecified atom stereocenters. The first kappa shape index (κ1) is 43.2. The molecule has 3 N–H and O–H groups in total. The lowest BCUT2D eigenvalue weighted by Gasteiger charge is -2.18. The van der Waals surface area contributed by atoms with Crippen molar-refractivity contribution in [3.05, 3.63) is 129 Å². The number of nitrogens with zero attached hydrogens (tertiary/aromatic N) is 3. The molecular weight excluding hydrogens is 816 g/mol. The number of halogens is 1. The van der Waals surface area contributed by atoms with Crippen molar-refractivity contribution in [1.82, 2.24) is 30.2 Å². The number of likely N-dealkylation sites (N-methyl/N-ethyl adjacent to an activating group) is 2. The summed E-state index contributed by atoms with van der Waals surface area (Å²) in [6, 6.07) is 20.7. The van der Waals surface area contributed by atoms with E-state index in [9.17, 15) is 19.2 Å². The van der Waals surface area contributed by atoms with Gasteiger partial charge in [0, 0.05) is 59.7 Å². The van der Waals surface area contributed by atoms with Crippen LogP contribution in [0.5, 0.6) is 0 Å². The highest BCUT2D eigenvalue weighted by atomic mass is 35.5. The number of aromatic amines is 2. The summed E-state index contributed by atoms with van der Waals surface area (Å²) in [7, 11) is 3.84. The van der Waals surface area contributed by atoms with Crippen molar-refractivity contribution in [1.29, 1.82) is 0 Å². The van der Waals surface area contributed by atoms with E-state index in [1.165, 1.54) is 12.8 Å². The molecule has 0 atom stereocenters. The Labute approximate surface area is 362 Å². The molecule has 11 rings (SSSR count). The van der Waals surface area contributed by atoms with Gasteiger partial charge in [-0.25, -0.2) is 9.97 Å². The Balaban J connectivity index is 0.000000135. The molecule has 16 heteroatoms. The molecule has 0 saturated carbocycles. The van der Waals surface area contributed by atoms with Gasteiger partial charge < -0.3 is 39.0 Å². The number of ketones is 4. The maximum absolute atomic E-state index is 13.1. The lowest BCUT2D eigenvalue weighted by Crippen LogP contribution is -2.29. The van der Waals surface area contributed by atoms with Gasteiger partial charge in [-0.1, -0.05) is 48.5 Å². The van der Waals surface area contributed by atoms with Crippen molar-refractivity contribution >= 4 is 56.8 Å². The standard InChI is InChI=1S/C21H19N3O4.C16H9ClN2O2.C5H11NO2.C4H8O/c1-24(11-17-27-8-9-28-17)10-16-22-15-7-6-14-18(19(15)23-16)21(26)13-5-3-2-4-12(13)20(14)25;17-7-12-18-11-6-5-10-13(14(11)19-12)16(21)9-4-2-1-3-8(9)15(10)20;1-6-4-5-7-2-3-8-5;1-2-4-5-3-1/h2-7,17H,8-11H2,1H3,(H,22,23);1-6H,7H2,(H,18,19);5-6H,2-4H2,1H3;1-4H2. The van der Waals surface area contributed by atoms with Gasteiger partial charge in [0.1, 0.15) is 22.7 Å². The molecule has 15 nitrogen and oxygen atoms in total. The number of H-pyrrole nitrogens is 2. The van der Waals surface area contributed by atoms with Crippen molar-refractivity contribution in [3.8, 4) is 0 Å². The van der Waals surface area contributed by atoms with Crippen molar-refractivity contribution in [2.24, 2.45) is 0 Å². The first-order valence-corrected chi connectivity index (χ1v) is 21.1. The van der Waals surface area contributed by atoms with Gasteiger partial charge in [0.05, 0.1) is 61.0 Å². The van der Waals surface area contributed by atoms with Gasteiger partial charge in [-0.05, 0) is 51.2 Å². The van der Waals surface area contributed by atoms with E-state index >= 15 is 0 Å². The average Bonchev–Trinajstić information content (AvgIpc) is 4.16. The molecular formula is C46H47ClN6O9. The summed E-state index contributed by atoms with van der Waals surface area (Å²) < 4.78 is 26.1. The number of rotatable bonds is 7. The third-order valence-electron chi connectivity index (χ3n) is 10.8. The SMILES string of the molecule is C1CCOC1.CN(Cc1nc2c3c(ccc2[nH]1)C(=O)c1ccccc1C3=O)CC1OCCO1.CNCC1OCCO1.O=C1c2ccccc2C(=O)c2c1ccc1[nH]c(CCl)nc21. The summed E-state index contributed by atoms with van der Waals surface area (Å²) in [6.07, 6.45) is 2.33. The quantitative estimate of drug-likeness (QED) is 0.169. The molecule has 2 aromatic heterocycles. The van der Waals surface area contributed by atoms with Gasteiger partial charge in [0.25, 0.3) is 0 Å². The van der Waals surface area contributed by atoms with Gasteiger partial charge >= 0.3 is 0 Å². The van der Waals surface area contributed by atoms with Crippen LogP contribution in [0, 0.1) is 0 Å². The number of hydrogen-bond acceptors (Lipinski definition) is 13. The predicted molar refractivity (Wildman–Crippen MR) is 230 cm³/mol. The maximum Gasteiger partial charge on any atom is 0.196 e. The topological polar surface area (TPSA) is 187 Å². The highest BCUT2D eigenvalue weighted by molar-refractivity contribution is 6.32. The average molecular weight is 863 g/mol. The van der Waals surface area contributed by atoms with Gasteiger partial charge in [-0.3, -0.25) is 24.1 Å². The predicted octanol–water partition coefficient (Wildman–Crippen LogP) is 5.60. The van der Waals surface area contributed by atoms with Crippen LogP contribution < -0.4 is 5.32 Å². The Kier molecular flexibility index (Phi) is 13.7. The van der Waals surface area contributed by atoms with Crippen LogP contribution >= 0.6 is 11.6 Å². The third-order valence-corrected chi connectivity index (χ3v) is 11.0. The molecule has 2 aliphatic carbocycles. The number of aromatic nitrogens is 4. The Hall–Kier alpha value is -5.49. The van der Waals surface area contributed by atoms with E-state index in [2.05, 4.69) is 25.3 Å². The van der Waals surface area contributed by atoms with E-state index in [0.717, 1.165) is 44.3 Å². The van der Waals surface area contributed by atoms with Crippen LogP contribution in [0.3, 0.4) is 0 Å². The van der Waals surface area contributed by atoms with Crippen LogP contribution in [0.2, 0.25) is 0 Å². The Morgan fingerprint density at radius 1 is 0.613 bits per heavy atom. The summed E-state index contributed by atoms with van der Waals surface area (Å²) >= 11 is 5.78. The number of carbonyl (C=O) groups excluding carboxylic acids is 4. The normalized spacial score (nSPS) is 16.9. The number of ether oxygens (including phenoxy) is 5. The molecule has 0 radical (unpaired) electrons. The molecule has 0 spiro atoms. The number of hydrogen-bond donors (Lipinski definition) is 3. The van der Waals surface area contributed by atoms with Crippen molar-refractivity contribution in [2.75, 3.05) is 66.8 Å². The molecule has 0 bridgehead atoms. The van der Waals surface area contributed by atoms with Crippen LogP contribution in [0.4, 0.5) is 0 Å². The Morgan fingerprint density at radius 3 is 1.52 bits per heavy atom. The number of benzene rings is 4. The van der Waals surface area contributed by atoms with Gasteiger partial charge in [0.2, 0.25) is 0 Å². The number of nitrogens with one attached hydrogen (secondary N) is 3. The monoisotopic (exact) mass is 862 g/mol.